The molecule has 2 aromatic carbocycles. The van der Waals surface area contributed by atoms with E-state index in [1.165, 1.54) is 18.2 Å². The Balaban J connectivity index is 2.24. The lowest BCUT2D eigenvalue weighted by atomic mass is 10.2. The van der Waals surface area contributed by atoms with Crippen molar-refractivity contribution in [3.05, 3.63) is 56.7 Å². The van der Waals surface area contributed by atoms with E-state index >= 15 is 0 Å². The molecule has 0 unspecified atom stereocenters. The second-order valence-electron chi connectivity index (χ2n) is 3.93. The fourth-order valence-corrected chi connectivity index (χ4v) is 2.48. The number of amides is 1. The molecule has 0 saturated heterocycles. The number of carbonyl (C=O) groups excluding carboxylic acids is 1. The summed E-state index contributed by atoms with van der Waals surface area (Å²) in [5.41, 5.74) is 0.816. The zero-order valence-corrected chi connectivity index (χ0v) is 13.6. The van der Waals surface area contributed by atoms with Crippen LogP contribution < -0.4 is 10.1 Å². The lowest BCUT2D eigenvalue weighted by Gasteiger charge is -2.09. The number of benzene rings is 2. The number of carbonyl (C=O) groups is 1. The molecule has 0 spiro atoms. The number of rotatable bonds is 3. The predicted octanol–water partition coefficient (Wildman–Crippen LogP) is 4.61. The van der Waals surface area contributed by atoms with Gasteiger partial charge in [-0.05, 0) is 68.3 Å². The maximum atomic E-state index is 13.2. The molecule has 1 amide bonds. The molecule has 20 heavy (non-hydrogen) atoms. The smallest absolute Gasteiger partial charge is 0.255 e. The molecule has 0 aliphatic heterocycles. The van der Waals surface area contributed by atoms with Gasteiger partial charge in [0.15, 0.2) is 0 Å². The van der Waals surface area contributed by atoms with Crippen molar-refractivity contribution in [1.82, 2.24) is 0 Å². The zero-order chi connectivity index (χ0) is 14.7. The summed E-state index contributed by atoms with van der Waals surface area (Å²) in [6, 6.07) is 9.05. The largest absolute Gasteiger partial charge is 0.496 e. The first-order valence-corrected chi connectivity index (χ1v) is 7.20. The van der Waals surface area contributed by atoms with Gasteiger partial charge in [0.25, 0.3) is 5.91 Å². The second-order valence-corrected chi connectivity index (χ2v) is 5.64. The molecule has 0 bridgehead atoms. The number of halogens is 3. The molecule has 0 fully saturated rings. The van der Waals surface area contributed by atoms with Crippen LogP contribution in [-0.2, 0) is 0 Å². The summed E-state index contributed by atoms with van der Waals surface area (Å²) >= 11 is 6.57. The van der Waals surface area contributed by atoms with E-state index < -0.39 is 5.82 Å². The molecule has 0 aliphatic carbocycles. The molecule has 104 valence electrons. The normalized spacial score (nSPS) is 10.2. The fourth-order valence-electron chi connectivity index (χ4n) is 1.60. The SMILES string of the molecule is COc1ccc(C(=O)Nc2cc(F)ccc2Br)cc1Br. The van der Waals surface area contributed by atoms with Gasteiger partial charge in [-0.1, -0.05) is 0 Å². The standard InChI is InChI=1S/C14H10Br2FNO2/c1-20-13-5-2-8(6-11(13)16)14(19)18-12-7-9(17)3-4-10(12)15/h2-7H,1H3,(H,18,19). The van der Waals surface area contributed by atoms with E-state index in [-0.39, 0.29) is 5.91 Å². The molecule has 0 heterocycles. The minimum atomic E-state index is -0.417. The highest BCUT2D eigenvalue weighted by molar-refractivity contribution is 9.11. The highest BCUT2D eigenvalue weighted by Crippen LogP contribution is 2.27. The van der Waals surface area contributed by atoms with Crippen LogP contribution in [0.5, 0.6) is 5.75 Å². The van der Waals surface area contributed by atoms with Crippen LogP contribution in [-0.4, -0.2) is 13.0 Å². The maximum Gasteiger partial charge on any atom is 0.255 e. The number of methoxy groups -OCH3 is 1. The van der Waals surface area contributed by atoms with Crippen LogP contribution in [0.1, 0.15) is 10.4 Å². The van der Waals surface area contributed by atoms with Crippen LogP contribution in [0.15, 0.2) is 45.3 Å². The van der Waals surface area contributed by atoms with E-state index in [1.54, 1.807) is 25.3 Å². The van der Waals surface area contributed by atoms with Crippen LogP contribution in [0, 0.1) is 5.82 Å². The van der Waals surface area contributed by atoms with Gasteiger partial charge < -0.3 is 10.1 Å². The van der Waals surface area contributed by atoms with Crippen LogP contribution >= 0.6 is 31.9 Å². The van der Waals surface area contributed by atoms with Crippen molar-refractivity contribution in [3.8, 4) is 5.75 Å². The topological polar surface area (TPSA) is 38.3 Å². The lowest BCUT2D eigenvalue weighted by molar-refractivity contribution is 0.102. The van der Waals surface area contributed by atoms with E-state index in [1.807, 2.05) is 0 Å². The summed E-state index contributed by atoms with van der Waals surface area (Å²) < 4.78 is 19.5. The van der Waals surface area contributed by atoms with Crippen LogP contribution in [0.3, 0.4) is 0 Å². The lowest BCUT2D eigenvalue weighted by Crippen LogP contribution is -2.12. The monoisotopic (exact) mass is 401 g/mol. The maximum absolute atomic E-state index is 13.2. The van der Waals surface area contributed by atoms with Gasteiger partial charge in [-0.25, -0.2) is 4.39 Å². The summed E-state index contributed by atoms with van der Waals surface area (Å²) in [5, 5.41) is 2.64. The molecule has 1 N–H and O–H groups in total. The van der Waals surface area contributed by atoms with Crippen LogP contribution in [0.25, 0.3) is 0 Å². The van der Waals surface area contributed by atoms with Gasteiger partial charge in [-0.3, -0.25) is 4.79 Å². The number of ether oxygens (including phenoxy) is 1. The van der Waals surface area contributed by atoms with Crippen molar-refractivity contribution in [2.75, 3.05) is 12.4 Å². The Hall–Kier alpha value is -1.40. The van der Waals surface area contributed by atoms with E-state index in [0.29, 0.717) is 25.9 Å². The number of anilines is 1. The van der Waals surface area contributed by atoms with Crippen molar-refractivity contribution >= 4 is 43.5 Å². The Morgan fingerprint density at radius 3 is 2.55 bits per heavy atom. The molecule has 0 saturated carbocycles. The number of hydrogen-bond acceptors (Lipinski definition) is 2. The van der Waals surface area contributed by atoms with Gasteiger partial charge in [-0.15, -0.1) is 0 Å². The Kier molecular flexibility index (Phi) is 4.77. The summed E-state index contributed by atoms with van der Waals surface area (Å²) in [6.07, 6.45) is 0. The summed E-state index contributed by atoms with van der Waals surface area (Å²) in [5.74, 6) is -0.118. The zero-order valence-electron chi connectivity index (χ0n) is 10.4. The van der Waals surface area contributed by atoms with E-state index in [2.05, 4.69) is 37.2 Å². The second kappa shape index (κ2) is 6.37. The van der Waals surface area contributed by atoms with Crippen molar-refractivity contribution in [1.29, 1.82) is 0 Å². The van der Waals surface area contributed by atoms with E-state index in [4.69, 9.17) is 4.74 Å². The molecule has 0 aromatic heterocycles. The van der Waals surface area contributed by atoms with Gasteiger partial charge in [0, 0.05) is 10.0 Å². The third kappa shape index (κ3) is 3.37. The number of nitrogens with one attached hydrogen (secondary N) is 1. The van der Waals surface area contributed by atoms with E-state index in [9.17, 15) is 9.18 Å². The summed E-state index contributed by atoms with van der Waals surface area (Å²) in [7, 11) is 1.55. The van der Waals surface area contributed by atoms with Crippen molar-refractivity contribution < 1.29 is 13.9 Å². The average molecular weight is 403 g/mol. The Labute approximate surface area is 132 Å². The van der Waals surface area contributed by atoms with Crippen molar-refractivity contribution in [2.45, 2.75) is 0 Å². The van der Waals surface area contributed by atoms with Gasteiger partial charge in [0.05, 0.1) is 17.3 Å². The molecule has 0 aliphatic rings. The van der Waals surface area contributed by atoms with Crippen LogP contribution in [0.4, 0.5) is 10.1 Å². The Morgan fingerprint density at radius 2 is 1.90 bits per heavy atom. The van der Waals surface area contributed by atoms with Gasteiger partial charge >= 0.3 is 0 Å². The molecule has 0 radical (unpaired) electrons. The van der Waals surface area contributed by atoms with Crippen LogP contribution in [0.2, 0.25) is 0 Å². The van der Waals surface area contributed by atoms with Crippen molar-refractivity contribution in [2.24, 2.45) is 0 Å². The number of hydrogen-bond donors (Lipinski definition) is 1. The minimum absolute atomic E-state index is 0.334. The highest BCUT2D eigenvalue weighted by atomic mass is 79.9. The van der Waals surface area contributed by atoms with Gasteiger partial charge in [0.1, 0.15) is 11.6 Å². The first kappa shape index (κ1) is 15.0. The summed E-state index contributed by atoms with van der Waals surface area (Å²) in [4.78, 5) is 12.1. The van der Waals surface area contributed by atoms with E-state index in [0.717, 1.165) is 0 Å². The predicted molar refractivity (Wildman–Crippen MR) is 82.7 cm³/mol. The third-order valence-corrected chi connectivity index (χ3v) is 3.90. The molecular formula is C14H10Br2FNO2. The fraction of sp³-hybridized carbons (Fsp3) is 0.0714. The Bertz CT molecular complexity index is 662. The first-order chi connectivity index (χ1) is 9.51. The average Bonchev–Trinajstić information content (AvgIpc) is 2.42. The summed E-state index contributed by atoms with van der Waals surface area (Å²) in [6.45, 7) is 0. The molecule has 6 heteroatoms. The first-order valence-electron chi connectivity index (χ1n) is 5.61. The quantitative estimate of drug-likeness (QED) is 0.813. The molecule has 2 aromatic rings. The third-order valence-electron chi connectivity index (χ3n) is 2.59. The van der Waals surface area contributed by atoms with Gasteiger partial charge in [-0.2, -0.15) is 0 Å². The van der Waals surface area contributed by atoms with Crippen molar-refractivity contribution in [3.63, 3.8) is 0 Å². The molecule has 0 atom stereocenters. The highest BCUT2D eigenvalue weighted by Gasteiger charge is 2.11. The molecule has 3 nitrogen and oxygen atoms in total. The molecular weight excluding hydrogens is 393 g/mol. The Morgan fingerprint density at radius 1 is 1.15 bits per heavy atom. The minimum Gasteiger partial charge on any atom is -0.496 e. The van der Waals surface area contributed by atoms with Gasteiger partial charge in [0.2, 0.25) is 0 Å². The molecule has 2 rings (SSSR count).